The van der Waals surface area contributed by atoms with Crippen molar-refractivity contribution >= 4 is 5.78 Å². The number of aryl methyl sites for hydroxylation is 2. The fourth-order valence-corrected chi connectivity index (χ4v) is 0.981. The van der Waals surface area contributed by atoms with Crippen LogP contribution in [-0.2, 0) is 18.3 Å². The third-order valence-corrected chi connectivity index (χ3v) is 1.76. The number of nitrogens with zero attached hydrogens (tertiary/aromatic N) is 2. The molecule has 1 aromatic rings. The highest BCUT2D eigenvalue weighted by atomic mass is 19.3. The van der Waals surface area contributed by atoms with Crippen molar-refractivity contribution in [1.29, 1.82) is 0 Å². The molecule has 1 rings (SSSR count). The van der Waals surface area contributed by atoms with Gasteiger partial charge in [-0.3, -0.25) is 4.79 Å². The standard InChI is InChI=1S/C8H10F2N2O/c1-12-5-4-11-7(12)3-2-6(13)8(9)10/h4-5,8H,2-3H2,1H3. The zero-order valence-electron chi connectivity index (χ0n) is 7.20. The Labute approximate surface area is 74.4 Å². The minimum atomic E-state index is -2.86. The van der Waals surface area contributed by atoms with Crippen LogP contribution in [0.1, 0.15) is 12.2 Å². The summed E-state index contributed by atoms with van der Waals surface area (Å²) in [6, 6.07) is 0. The van der Waals surface area contributed by atoms with Gasteiger partial charge >= 0.3 is 0 Å². The van der Waals surface area contributed by atoms with E-state index in [1.165, 1.54) is 0 Å². The van der Waals surface area contributed by atoms with Gasteiger partial charge in [0.05, 0.1) is 0 Å². The summed E-state index contributed by atoms with van der Waals surface area (Å²) in [5.41, 5.74) is 0. The molecule has 0 aromatic carbocycles. The fraction of sp³-hybridized carbons (Fsp3) is 0.500. The van der Waals surface area contributed by atoms with Crippen LogP contribution in [0, 0.1) is 0 Å². The van der Waals surface area contributed by atoms with E-state index in [9.17, 15) is 13.6 Å². The number of aromatic nitrogens is 2. The van der Waals surface area contributed by atoms with Crippen molar-refractivity contribution in [1.82, 2.24) is 9.55 Å². The van der Waals surface area contributed by atoms with Crippen LogP contribution in [0.15, 0.2) is 12.4 Å². The molecule has 0 radical (unpaired) electrons. The van der Waals surface area contributed by atoms with Crippen LogP contribution in [0.2, 0.25) is 0 Å². The molecule has 0 N–H and O–H groups in total. The molecule has 0 saturated carbocycles. The van der Waals surface area contributed by atoms with Gasteiger partial charge in [0, 0.05) is 32.3 Å². The minimum Gasteiger partial charge on any atom is -0.338 e. The molecule has 0 amide bonds. The predicted octanol–water partition coefficient (Wildman–Crippen LogP) is 1.19. The van der Waals surface area contributed by atoms with Gasteiger partial charge in [-0.2, -0.15) is 0 Å². The Bertz CT molecular complexity index is 296. The van der Waals surface area contributed by atoms with Crippen LogP contribution >= 0.6 is 0 Å². The first-order valence-corrected chi connectivity index (χ1v) is 3.88. The molecule has 0 unspecified atom stereocenters. The van der Waals surface area contributed by atoms with E-state index >= 15 is 0 Å². The molecule has 3 nitrogen and oxygen atoms in total. The summed E-state index contributed by atoms with van der Waals surface area (Å²) in [5.74, 6) is -0.378. The first kappa shape index (κ1) is 9.83. The molecule has 1 heterocycles. The Hall–Kier alpha value is -1.26. The van der Waals surface area contributed by atoms with Gasteiger partial charge in [-0.05, 0) is 0 Å². The van der Waals surface area contributed by atoms with Gasteiger partial charge in [-0.1, -0.05) is 0 Å². The monoisotopic (exact) mass is 188 g/mol. The van der Waals surface area contributed by atoms with Crippen molar-refractivity contribution in [2.75, 3.05) is 0 Å². The SMILES string of the molecule is Cn1ccnc1CCC(=O)C(F)F. The quantitative estimate of drug-likeness (QED) is 0.711. The summed E-state index contributed by atoms with van der Waals surface area (Å²) in [7, 11) is 1.76. The van der Waals surface area contributed by atoms with Crippen molar-refractivity contribution in [2.24, 2.45) is 7.05 Å². The maximum atomic E-state index is 11.8. The summed E-state index contributed by atoms with van der Waals surface area (Å²) >= 11 is 0. The van der Waals surface area contributed by atoms with Crippen molar-refractivity contribution in [3.05, 3.63) is 18.2 Å². The number of hydrogen-bond donors (Lipinski definition) is 0. The number of carbonyl (C=O) groups excluding carboxylic acids is 1. The predicted molar refractivity (Wildman–Crippen MR) is 42.5 cm³/mol. The van der Waals surface area contributed by atoms with Crippen LogP contribution in [0.5, 0.6) is 0 Å². The van der Waals surface area contributed by atoms with E-state index in [4.69, 9.17) is 0 Å². The number of rotatable bonds is 4. The van der Waals surface area contributed by atoms with Crippen LogP contribution in [0.25, 0.3) is 0 Å². The number of Topliss-reactive ketones (excluding diaryl/α,β-unsaturated/α-hetero) is 1. The summed E-state index contributed by atoms with van der Waals surface area (Å²) in [4.78, 5) is 14.5. The van der Waals surface area contributed by atoms with Crippen molar-refractivity contribution in [3.8, 4) is 0 Å². The normalized spacial score (nSPS) is 10.8. The maximum absolute atomic E-state index is 11.8. The molecule has 1 aromatic heterocycles. The highest BCUT2D eigenvalue weighted by Crippen LogP contribution is 2.04. The second-order valence-electron chi connectivity index (χ2n) is 2.72. The average Bonchev–Trinajstić information content (AvgIpc) is 2.47. The fourth-order valence-electron chi connectivity index (χ4n) is 0.981. The van der Waals surface area contributed by atoms with Crippen LogP contribution < -0.4 is 0 Å². The van der Waals surface area contributed by atoms with E-state index in [1.807, 2.05) is 0 Å². The van der Waals surface area contributed by atoms with Gasteiger partial charge in [-0.15, -0.1) is 0 Å². The highest BCUT2D eigenvalue weighted by Gasteiger charge is 2.15. The van der Waals surface area contributed by atoms with Crippen molar-refractivity contribution in [2.45, 2.75) is 19.3 Å². The van der Waals surface area contributed by atoms with Gasteiger partial charge in [-0.25, -0.2) is 13.8 Å². The molecule has 0 bridgehead atoms. The number of imidazole rings is 1. The van der Waals surface area contributed by atoms with E-state index in [0.717, 1.165) is 0 Å². The average molecular weight is 188 g/mol. The molecule has 0 spiro atoms. The van der Waals surface area contributed by atoms with E-state index in [-0.39, 0.29) is 12.8 Å². The summed E-state index contributed by atoms with van der Waals surface area (Å²) in [6.07, 6.45) is 0.541. The molecule has 0 saturated heterocycles. The lowest BCUT2D eigenvalue weighted by atomic mass is 10.2. The Morgan fingerprint density at radius 3 is 2.85 bits per heavy atom. The molecule has 0 aliphatic carbocycles. The van der Waals surface area contributed by atoms with Gasteiger partial charge < -0.3 is 4.57 Å². The molecule has 0 aliphatic heterocycles. The third-order valence-electron chi connectivity index (χ3n) is 1.76. The molecule has 0 aliphatic rings. The summed E-state index contributed by atoms with van der Waals surface area (Å²) in [5, 5.41) is 0. The second kappa shape index (κ2) is 4.11. The molecule has 0 atom stereocenters. The second-order valence-corrected chi connectivity index (χ2v) is 2.72. The number of ketones is 1. The first-order valence-electron chi connectivity index (χ1n) is 3.88. The Balaban J connectivity index is 2.44. The minimum absolute atomic E-state index is 0.150. The topological polar surface area (TPSA) is 34.9 Å². The summed E-state index contributed by atoms with van der Waals surface area (Å²) < 4.78 is 25.3. The highest BCUT2D eigenvalue weighted by molar-refractivity contribution is 5.81. The van der Waals surface area contributed by atoms with Crippen molar-refractivity contribution < 1.29 is 13.6 Å². The lowest BCUT2D eigenvalue weighted by Gasteiger charge is -2.00. The lowest BCUT2D eigenvalue weighted by Crippen LogP contribution is -2.11. The van der Waals surface area contributed by atoms with Crippen molar-refractivity contribution in [3.63, 3.8) is 0 Å². The number of carbonyl (C=O) groups is 1. The molecule has 5 heteroatoms. The van der Waals surface area contributed by atoms with Gasteiger partial charge in [0.15, 0.2) is 5.78 Å². The molecule has 0 fully saturated rings. The Morgan fingerprint density at radius 1 is 1.69 bits per heavy atom. The number of halogens is 2. The zero-order valence-corrected chi connectivity index (χ0v) is 7.20. The van der Waals surface area contributed by atoms with E-state index in [0.29, 0.717) is 5.82 Å². The van der Waals surface area contributed by atoms with Crippen LogP contribution in [-0.4, -0.2) is 21.8 Å². The van der Waals surface area contributed by atoms with Crippen LogP contribution in [0.4, 0.5) is 8.78 Å². The largest absolute Gasteiger partial charge is 0.338 e. The van der Waals surface area contributed by atoms with Gasteiger partial charge in [0.25, 0.3) is 6.43 Å². The first-order chi connectivity index (χ1) is 6.11. The van der Waals surface area contributed by atoms with E-state index < -0.39 is 12.2 Å². The van der Waals surface area contributed by atoms with Gasteiger partial charge in [0.1, 0.15) is 5.82 Å². The van der Waals surface area contributed by atoms with E-state index in [2.05, 4.69) is 4.98 Å². The van der Waals surface area contributed by atoms with E-state index in [1.54, 1.807) is 24.0 Å². The number of hydrogen-bond acceptors (Lipinski definition) is 2. The summed E-state index contributed by atoms with van der Waals surface area (Å²) in [6.45, 7) is 0. The molecular formula is C8H10F2N2O. The molecular weight excluding hydrogens is 178 g/mol. The number of alkyl halides is 2. The third kappa shape index (κ3) is 2.61. The lowest BCUT2D eigenvalue weighted by molar-refractivity contribution is -0.129. The maximum Gasteiger partial charge on any atom is 0.295 e. The molecule has 13 heavy (non-hydrogen) atoms. The Morgan fingerprint density at radius 2 is 2.38 bits per heavy atom. The Kier molecular flexibility index (Phi) is 3.11. The molecule has 72 valence electrons. The zero-order chi connectivity index (χ0) is 9.84. The van der Waals surface area contributed by atoms with Crippen LogP contribution in [0.3, 0.4) is 0 Å². The smallest absolute Gasteiger partial charge is 0.295 e. The van der Waals surface area contributed by atoms with Gasteiger partial charge in [0.2, 0.25) is 0 Å².